The van der Waals surface area contributed by atoms with Crippen molar-refractivity contribution in [2.24, 2.45) is 0 Å². The second kappa shape index (κ2) is 6.88. The number of para-hydroxylation sites is 1. The van der Waals surface area contributed by atoms with E-state index in [1.54, 1.807) is 31.0 Å². The molecule has 0 saturated heterocycles. The van der Waals surface area contributed by atoms with E-state index in [0.717, 1.165) is 32.8 Å². The van der Waals surface area contributed by atoms with Gasteiger partial charge in [0.25, 0.3) is 5.69 Å². The van der Waals surface area contributed by atoms with E-state index >= 15 is 0 Å². The molecule has 0 amide bonds. The van der Waals surface area contributed by atoms with Gasteiger partial charge in [-0.15, -0.1) is 11.8 Å². The second-order valence-corrected chi connectivity index (χ2v) is 6.34. The zero-order valence-corrected chi connectivity index (χ0v) is 14.2. The number of aryl methyl sites for hydroxylation is 1. The van der Waals surface area contributed by atoms with E-state index in [4.69, 9.17) is 9.72 Å². The largest absolute Gasteiger partial charge is 0.494 e. The van der Waals surface area contributed by atoms with Crippen LogP contribution in [0.25, 0.3) is 10.9 Å². The van der Waals surface area contributed by atoms with Gasteiger partial charge >= 0.3 is 0 Å². The van der Waals surface area contributed by atoms with Gasteiger partial charge in [-0.05, 0) is 30.2 Å². The van der Waals surface area contributed by atoms with Crippen molar-refractivity contribution < 1.29 is 9.66 Å². The van der Waals surface area contributed by atoms with Crippen molar-refractivity contribution in [1.82, 2.24) is 4.98 Å². The Balaban J connectivity index is 1.83. The van der Waals surface area contributed by atoms with Crippen LogP contribution in [0.2, 0.25) is 0 Å². The van der Waals surface area contributed by atoms with Gasteiger partial charge in [0.2, 0.25) is 0 Å². The molecule has 6 heteroatoms. The Morgan fingerprint density at radius 1 is 1.21 bits per heavy atom. The molecule has 1 heterocycles. The first-order valence-corrected chi connectivity index (χ1v) is 8.37. The van der Waals surface area contributed by atoms with Crippen LogP contribution in [0.1, 0.15) is 11.1 Å². The SMILES string of the molecule is COc1cccc2c(C)cc(SCc3ccc([N+](=O)[O-])cc3)nc12. The Morgan fingerprint density at radius 2 is 1.96 bits per heavy atom. The van der Waals surface area contributed by atoms with E-state index in [-0.39, 0.29) is 5.69 Å². The average molecular weight is 340 g/mol. The molecule has 0 atom stereocenters. The number of methoxy groups -OCH3 is 1. The number of aromatic nitrogens is 1. The first-order chi connectivity index (χ1) is 11.6. The van der Waals surface area contributed by atoms with Crippen molar-refractivity contribution in [2.75, 3.05) is 7.11 Å². The molecule has 0 fully saturated rings. The molecule has 3 rings (SSSR count). The Labute approximate surface area is 143 Å². The number of hydrogen-bond donors (Lipinski definition) is 0. The van der Waals surface area contributed by atoms with Crippen LogP contribution in [0, 0.1) is 17.0 Å². The average Bonchev–Trinajstić information content (AvgIpc) is 2.60. The lowest BCUT2D eigenvalue weighted by Crippen LogP contribution is -1.92. The van der Waals surface area contributed by atoms with Crippen molar-refractivity contribution in [3.8, 4) is 5.75 Å². The summed E-state index contributed by atoms with van der Waals surface area (Å²) in [5.74, 6) is 1.46. The van der Waals surface area contributed by atoms with Crippen LogP contribution < -0.4 is 4.74 Å². The number of pyridine rings is 1. The third kappa shape index (κ3) is 3.33. The summed E-state index contributed by atoms with van der Waals surface area (Å²) in [5.41, 5.74) is 3.12. The molecule has 0 aliphatic rings. The minimum Gasteiger partial charge on any atom is -0.494 e. The van der Waals surface area contributed by atoms with E-state index < -0.39 is 4.92 Å². The zero-order valence-electron chi connectivity index (χ0n) is 13.4. The molecule has 0 radical (unpaired) electrons. The maximum atomic E-state index is 10.7. The Kier molecular flexibility index (Phi) is 4.66. The smallest absolute Gasteiger partial charge is 0.269 e. The first kappa shape index (κ1) is 16.3. The Bertz CT molecular complexity index is 895. The van der Waals surface area contributed by atoms with Gasteiger partial charge in [0.05, 0.1) is 17.1 Å². The van der Waals surface area contributed by atoms with E-state index in [1.807, 2.05) is 18.2 Å². The highest BCUT2D eigenvalue weighted by molar-refractivity contribution is 7.98. The van der Waals surface area contributed by atoms with Crippen molar-refractivity contribution in [3.63, 3.8) is 0 Å². The lowest BCUT2D eigenvalue weighted by Gasteiger charge is -2.09. The molecule has 0 N–H and O–H groups in total. The van der Waals surface area contributed by atoms with E-state index in [0.29, 0.717) is 5.75 Å². The van der Waals surface area contributed by atoms with Gasteiger partial charge in [0.1, 0.15) is 11.3 Å². The molecule has 3 aromatic rings. The number of fused-ring (bicyclic) bond motifs is 1. The fourth-order valence-corrected chi connectivity index (χ4v) is 3.39. The first-order valence-electron chi connectivity index (χ1n) is 7.39. The van der Waals surface area contributed by atoms with Crippen molar-refractivity contribution in [1.29, 1.82) is 0 Å². The number of nitrogens with zero attached hydrogens (tertiary/aromatic N) is 2. The van der Waals surface area contributed by atoms with Crippen LogP contribution >= 0.6 is 11.8 Å². The third-order valence-electron chi connectivity index (χ3n) is 3.74. The van der Waals surface area contributed by atoms with Crippen LogP contribution in [0.15, 0.2) is 53.6 Å². The third-order valence-corrected chi connectivity index (χ3v) is 4.72. The van der Waals surface area contributed by atoms with Crippen LogP contribution in [0.4, 0.5) is 5.69 Å². The van der Waals surface area contributed by atoms with Gasteiger partial charge in [-0.1, -0.05) is 24.3 Å². The van der Waals surface area contributed by atoms with E-state index in [1.165, 1.54) is 12.1 Å². The predicted octanol–water partition coefficient (Wildman–Crippen LogP) is 4.75. The van der Waals surface area contributed by atoms with Gasteiger partial charge < -0.3 is 4.74 Å². The number of hydrogen-bond acceptors (Lipinski definition) is 5. The molecule has 5 nitrogen and oxygen atoms in total. The maximum absolute atomic E-state index is 10.7. The van der Waals surface area contributed by atoms with E-state index in [9.17, 15) is 10.1 Å². The molecule has 1 aromatic heterocycles. The number of non-ortho nitro benzene ring substituents is 1. The normalized spacial score (nSPS) is 10.8. The molecule has 0 spiro atoms. The number of rotatable bonds is 5. The highest BCUT2D eigenvalue weighted by atomic mass is 32.2. The molecule has 0 saturated carbocycles. The molecule has 0 unspecified atom stereocenters. The summed E-state index contributed by atoms with van der Waals surface area (Å²) in [6, 6.07) is 14.6. The van der Waals surface area contributed by atoms with Crippen LogP contribution in [0.5, 0.6) is 5.75 Å². The molecular weight excluding hydrogens is 324 g/mol. The number of thioether (sulfide) groups is 1. The fourth-order valence-electron chi connectivity index (χ4n) is 2.47. The van der Waals surface area contributed by atoms with Gasteiger partial charge in [-0.3, -0.25) is 10.1 Å². The minimum atomic E-state index is -0.391. The number of nitro groups is 1. The lowest BCUT2D eigenvalue weighted by atomic mass is 10.1. The predicted molar refractivity (Wildman–Crippen MR) is 95.7 cm³/mol. The topological polar surface area (TPSA) is 65.3 Å². The van der Waals surface area contributed by atoms with Crippen LogP contribution in [0.3, 0.4) is 0 Å². The van der Waals surface area contributed by atoms with Crippen molar-refractivity contribution in [3.05, 3.63) is 69.8 Å². The second-order valence-electron chi connectivity index (χ2n) is 5.35. The summed E-state index contributed by atoms with van der Waals surface area (Å²) in [5, 5.41) is 12.7. The highest BCUT2D eigenvalue weighted by Crippen LogP contribution is 2.31. The zero-order chi connectivity index (χ0) is 17.1. The summed E-state index contributed by atoms with van der Waals surface area (Å²) in [6.07, 6.45) is 0. The standard InChI is InChI=1S/C18H16N2O3S/c1-12-10-17(19-18-15(12)4-3-5-16(18)23-2)24-11-13-6-8-14(9-7-13)20(21)22/h3-10H,11H2,1-2H3. The molecule has 0 aliphatic heterocycles. The summed E-state index contributed by atoms with van der Waals surface area (Å²) in [4.78, 5) is 15.0. The number of nitro benzene ring substituents is 1. The summed E-state index contributed by atoms with van der Waals surface area (Å²) >= 11 is 1.60. The van der Waals surface area contributed by atoms with Gasteiger partial charge in [-0.25, -0.2) is 4.98 Å². The van der Waals surface area contributed by atoms with Crippen molar-refractivity contribution in [2.45, 2.75) is 17.7 Å². The van der Waals surface area contributed by atoms with Gasteiger partial charge in [-0.2, -0.15) is 0 Å². The number of ether oxygens (including phenoxy) is 1. The maximum Gasteiger partial charge on any atom is 0.269 e. The summed E-state index contributed by atoms with van der Waals surface area (Å²) < 4.78 is 5.40. The molecule has 122 valence electrons. The Morgan fingerprint density at radius 3 is 2.62 bits per heavy atom. The highest BCUT2D eigenvalue weighted by Gasteiger charge is 2.09. The van der Waals surface area contributed by atoms with Crippen LogP contribution in [-0.2, 0) is 5.75 Å². The van der Waals surface area contributed by atoms with Crippen molar-refractivity contribution >= 4 is 28.4 Å². The summed E-state index contributed by atoms with van der Waals surface area (Å²) in [7, 11) is 1.64. The Hall–Kier alpha value is -2.60. The van der Waals surface area contributed by atoms with Gasteiger partial charge in [0.15, 0.2) is 0 Å². The molecule has 24 heavy (non-hydrogen) atoms. The summed E-state index contributed by atoms with van der Waals surface area (Å²) in [6.45, 7) is 2.05. The molecule has 0 bridgehead atoms. The van der Waals surface area contributed by atoms with Gasteiger partial charge in [0, 0.05) is 23.3 Å². The van der Waals surface area contributed by atoms with E-state index in [2.05, 4.69) is 13.0 Å². The molecule has 0 aliphatic carbocycles. The molecule has 2 aromatic carbocycles. The number of benzene rings is 2. The minimum absolute atomic E-state index is 0.105. The molecular formula is C18H16N2O3S. The van der Waals surface area contributed by atoms with Crippen LogP contribution in [-0.4, -0.2) is 17.0 Å². The quantitative estimate of drug-likeness (QED) is 0.381. The monoisotopic (exact) mass is 340 g/mol. The fraction of sp³-hybridized carbons (Fsp3) is 0.167. The lowest BCUT2D eigenvalue weighted by molar-refractivity contribution is -0.384.